The van der Waals surface area contributed by atoms with Crippen molar-refractivity contribution < 1.29 is 0 Å². The Bertz CT molecular complexity index is 345. The average molecular weight is 203 g/mol. The first kappa shape index (κ1) is 10.7. The van der Waals surface area contributed by atoms with Crippen LogP contribution in [0.15, 0.2) is 18.2 Å². The fourth-order valence-electron chi connectivity index (χ4n) is 2.17. The quantitative estimate of drug-likeness (QED) is 0.795. The lowest BCUT2D eigenvalue weighted by Crippen LogP contribution is -2.21. The van der Waals surface area contributed by atoms with Gasteiger partial charge in [-0.15, -0.1) is 0 Å². The molecule has 1 nitrogen and oxygen atoms in total. The number of hydrogen-bond donors (Lipinski definition) is 1. The zero-order valence-electron chi connectivity index (χ0n) is 10.2. The minimum absolute atomic E-state index is 0.524. The van der Waals surface area contributed by atoms with E-state index in [0.717, 1.165) is 12.6 Å². The number of rotatable bonds is 3. The van der Waals surface area contributed by atoms with Gasteiger partial charge in [-0.3, -0.25) is 0 Å². The summed E-state index contributed by atoms with van der Waals surface area (Å²) < 4.78 is 0. The normalized spacial score (nSPS) is 22.8. The van der Waals surface area contributed by atoms with Crippen molar-refractivity contribution in [1.29, 1.82) is 0 Å². The first-order chi connectivity index (χ1) is 7.00. The van der Waals surface area contributed by atoms with Gasteiger partial charge >= 0.3 is 0 Å². The third-order valence-electron chi connectivity index (χ3n) is 3.68. The summed E-state index contributed by atoms with van der Waals surface area (Å²) >= 11 is 0. The second-order valence-corrected chi connectivity index (χ2v) is 5.50. The Balaban J connectivity index is 2.00. The molecule has 82 valence electrons. The van der Waals surface area contributed by atoms with Crippen LogP contribution < -0.4 is 5.32 Å². The number of nitrogens with one attached hydrogen (secondary N) is 1. The summed E-state index contributed by atoms with van der Waals surface area (Å²) in [4.78, 5) is 0. The van der Waals surface area contributed by atoms with Gasteiger partial charge in [0.15, 0.2) is 0 Å². The third kappa shape index (κ3) is 2.23. The van der Waals surface area contributed by atoms with Crippen LogP contribution in [0.2, 0.25) is 0 Å². The van der Waals surface area contributed by atoms with Gasteiger partial charge in [-0.1, -0.05) is 32.0 Å². The van der Waals surface area contributed by atoms with Crippen LogP contribution >= 0.6 is 0 Å². The van der Waals surface area contributed by atoms with Crippen molar-refractivity contribution in [2.24, 2.45) is 5.41 Å². The largest absolute Gasteiger partial charge is 0.309 e. The maximum atomic E-state index is 3.64. The van der Waals surface area contributed by atoms with Crippen molar-refractivity contribution in [3.8, 4) is 0 Å². The van der Waals surface area contributed by atoms with Crippen molar-refractivity contribution in [2.45, 2.75) is 46.7 Å². The summed E-state index contributed by atoms with van der Waals surface area (Å²) in [6.45, 7) is 10.1. The lowest BCUT2D eigenvalue weighted by molar-refractivity contribution is 0.541. The molecular formula is C14H21N. The molecule has 1 atom stereocenters. The van der Waals surface area contributed by atoms with Crippen LogP contribution in [0.3, 0.4) is 0 Å². The van der Waals surface area contributed by atoms with Crippen LogP contribution in [-0.2, 0) is 6.54 Å². The lowest BCUT2D eigenvalue weighted by atomic mass is 10.0. The molecule has 0 aliphatic heterocycles. The number of hydrogen-bond acceptors (Lipinski definition) is 1. The zero-order chi connectivity index (χ0) is 11.1. The van der Waals surface area contributed by atoms with E-state index >= 15 is 0 Å². The molecule has 1 heteroatoms. The third-order valence-corrected chi connectivity index (χ3v) is 3.68. The standard InChI is InChI=1S/C14H21N/c1-10-6-5-7-11(2)12(10)9-15-13-8-14(13,3)4/h5-7,13,15H,8-9H2,1-4H3. The highest BCUT2D eigenvalue weighted by atomic mass is 15.0. The number of aryl methyl sites for hydroxylation is 2. The predicted octanol–water partition coefficient (Wildman–Crippen LogP) is 3.19. The Hall–Kier alpha value is -0.820. The fourth-order valence-corrected chi connectivity index (χ4v) is 2.17. The van der Waals surface area contributed by atoms with E-state index in [0.29, 0.717) is 5.41 Å². The molecule has 0 radical (unpaired) electrons. The van der Waals surface area contributed by atoms with E-state index in [2.05, 4.69) is 51.2 Å². The molecule has 15 heavy (non-hydrogen) atoms. The number of benzene rings is 1. The topological polar surface area (TPSA) is 12.0 Å². The Morgan fingerprint density at radius 3 is 2.27 bits per heavy atom. The zero-order valence-corrected chi connectivity index (χ0v) is 10.2. The van der Waals surface area contributed by atoms with Crippen molar-refractivity contribution in [1.82, 2.24) is 5.32 Å². The van der Waals surface area contributed by atoms with E-state index in [4.69, 9.17) is 0 Å². The van der Waals surface area contributed by atoms with Crippen molar-refractivity contribution in [3.63, 3.8) is 0 Å². The van der Waals surface area contributed by atoms with E-state index in [-0.39, 0.29) is 0 Å². The monoisotopic (exact) mass is 203 g/mol. The molecule has 1 unspecified atom stereocenters. The van der Waals surface area contributed by atoms with Crippen molar-refractivity contribution >= 4 is 0 Å². The highest BCUT2D eigenvalue weighted by Crippen LogP contribution is 2.44. The minimum Gasteiger partial charge on any atom is -0.309 e. The second kappa shape index (κ2) is 3.64. The van der Waals surface area contributed by atoms with Crippen molar-refractivity contribution in [2.75, 3.05) is 0 Å². The van der Waals surface area contributed by atoms with Crippen LogP contribution in [0.4, 0.5) is 0 Å². The molecule has 1 aromatic rings. The lowest BCUT2D eigenvalue weighted by Gasteiger charge is -2.11. The van der Waals surface area contributed by atoms with Gasteiger partial charge in [0.25, 0.3) is 0 Å². The maximum absolute atomic E-state index is 3.64. The molecular weight excluding hydrogens is 182 g/mol. The van der Waals surface area contributed by atoms with E-state index in [9.17, 15) is 0 Å². The Labute approximate surface area is 92.9 Å². The molecule has 2 rings (SSSR count). The molecule has 0 bridgehead atoms. The van der Waals surface area contributed by atoms with Gasteiger partial charge < -0.3 is 5.32 Å². The highest BCUT2D eigenvalue weighted by Gasteiger charge is 2.44. The summed E-state index contributed by atoms with van der Waals surface area (Å²) in [6, 6.07) is 7.25. The Morgan fingerprint density at radius 2 is 1.80 bits per heavy atom. The van der Waals surface area contributed by atoms with E-state index in [1.54, 1.807) is 0 Å². The average Bonchev–Trinajstić information content (AvgIpc) is 2.73. The molecule has 0 aromatic heterocycles. The molecule has 1 aromatic carbocycles. The second-order valence-electron chi connectivity index (χ2n) is 5.50. The molecule has 0 saturated heterocycles. The van der Waals surface area contributed by atoms with Gasteiger partial charge in [0.1, 0.15) is 0 Å². The van der Waals surface area contributed by atoms with Gasteiger partial charge in [-0.05, 0) is 42.4 Å². The van der Waals surface area contributed by atoms with E-state index in [1.807, 2.05) is 0 Å². The maximum Gasteiger partial charge on any atom is 0.0213 e. The SMILES string of the molecule is Cc1cccc(C)c1CNC1CC1(C)C. The summed E-state index contributed by atoms with van der Waals surface area (Å²) in [5, 5.41) is 3.64. The summed E-state index contributed by atoms with van der Waals surface area (Å²) in [5.74, 6) is 0. The summed E-state index contributed by atoms with van der Waals surface area (Å²) in [6.07, 6.45) is 1.32. The minimum atomic E-state index is 0.524. The summed E-state index contributed by atoms with van der Waals surface area (Å²) in [5.41, 5.74) is 4.80. The van der Waals surface area contributed by atoms with Gasteiger partial charge in [-0.2, -0.15) is 0 Å². The molecule has 1 fully saturated rings. The van der Waals surface area contributed by atoms with E-state index < -0.39 is 0 Å². The molecule has 0 heterocycles. The van der Waals surface area contributed by atoms with Gasteiger partial charge in [0.05, 0.1) is 0 Å². The van der Waals surface area contributed by atoms with E-state index in [1.165, 1.54) is 23.1 Å². The van der Waals surface area contributed by atoms with Crippen LogP contribution in [0.5, 0.6) is 0 Å². The Kier molecular flexibility index (Phi) is 2.59. The molecule has 1 saturated carbocycles. The fraction of sp³-hybridized carbons (Fsp3) is 0.571. The van der Waals surface area contributed by atoms with Gasteiger partial charge in [0.2, 0.25) is 0 Å². The highest BCUT2D eigenvalue weighted by molar-refractivity contribution is 5.33. The van der Waals surface area contributed by atoms with Gasteiger partial charge in [0, 0.05) is 12.6 Å². The first-order valence-corrected chi connectivity index (χ1v) is 5.79. The Morgan fingerprint density at radius 1 is 1.27 bits per heavy atom. The molecule has 1 aliphatic carbocycles. The van der Waals surface area contributed by atoms with Crippen LogP contribution in [-0.4, -0.2) is 6.04 Å². The predicted molar refractivity (Wildman–Crippen MR) is 64.9 cm³/mol. The molecule has 0 spiro atoms. The van der Waals surface area contributed by atoms with Crippen LogP contribution in [0.1, 0.15) is 37.0 Å². The van der Waals surface area contributed by atoms with Gasteiger partial charge in [-0.25, -0.2) is 0 Å². The summed E-state index contributed by atoms with van der Waals surface area (Å²) in [7, 11) is 0. The molecule has 1 N–H and O–H groups in total. The smallest absolute Gasteiger partial charge is 0.0213 e. The van der Waals surface area contributed by atoms with Crippen molar-refractivity contribution in [3.05, 3.63) is 34.9 Å². The molecule has 0 amide bonds. The first-order valence-electron chi connectivity index (χ1n) is 5.79. The van der Waals surface area contributed by atoms with Crippen LogP contribution in [0, 0.1) is 19.3 Å². The van der Waals surface area contributed by atoms with Crippen LogP contribution in [0.25, 0.3) is 0 Å². The molecule has 1 aliphatic rings.